The summed E-state index contributed by atoms with van der Waals surface area (Å²) in [6.45, 7) is 3.63. The molecule has 0 atom stereocenters. The largest absolute Gasteiger partial charge is 0.369 e. The Hall–Kier alpha value is -2.57. The number of fused-ring (bicyclic) bond motifs is 1. The van der Waals surface area contributed by atoms with Crippen LogP contribution in [0.1, 0.15) is 19.2 Å². The van der Waals surface area contributed by atoms with Crippen LogP contribution in [0.4, 0.5) is 11.6 Å². The van der Waals surface area contributed by atoms with E-state index in [9.17, 15) is 0 Å². The van der Waals surface area contributed by atoms with Crippen LogP contribution in [-0.4, -0.2) is 30.5 Å². The lowest BCUT2D eigenvalue weighted by molar-refractivity contribution is 0.810. The SMILES string of the molecule is CCCNc1cn2ccnc2c(NCc2nccn2C)n1. The molecule has 0 fully saturated rings. The monoisotopic (exact) mass is 285 g/mol. The Kier molecular flexibility index (Phi) is 3.72. The first-order valence-electron chi connectivity index (χ1n) is 7.05. The highest BCUT2D eigenvalue weighted by molar-refractivity contribution is 5.65. The van der Waals surface area contributed by atoms with Crippen LogP contribution in [0, 0.1) is 0 Å². The van der Waals surface area contributed by atoms with Gasteiger partial charge in [-0.25, -0.2) is 15.0 Å². The second-order valence-electron chi connectivity index (χ2n) is 4.87. The Bertz CT molecular complexity index is 728. The van der Waals surface area contributed by atoms with Gasteiger partial charge in [0.2, 0.25) is 0 Å². The van der Waals surface area contributed by atoms with Gasteiger partial charge in [0.05, 0.1) is 12.7 Å². The van der Waals surface area contributed by atoms with E-state index in [1.54, 1.807) is 12.4 Å². The summed E-state index contributed by atoms with van der Waals surface area (Å²) >= 11 is 0. The number of hydrogen-bond donors (Lipinski definition) is 2. The van der Waals surface area contributed by atoms with Gasteiger partial charge in [-0.2, -0.15) is 0 Å². The van der Waals surface area contributed by atoms with E-state index in [1.807, 2.05) is 34.6 Å². The molecule has 0 unspecified atom stereocenters. The molecule has 21 heavy (non-hydrogen) atoms. The third-order valence-electron chi connectivity index (χ3n) is 3.27. The van der Waals surface area contributed by atoms with E-state index in [1.165, 1.54) is 0 Å². The first-order valence-corrected chi connectivity index (χ1v) is 7.05. The molecule has 3 aromatic rings. The van der Waals surface area contributed by atoms with Gasteiger partial charge in [0.1, 0.15) is 11.6 Å². The van der Waals surface area contributed by atoms with E-state index in [2.05, 4.69) is 32.5 Å². The quantitative estimate of drug-likeness (QED) is 0.723. The van der Waals surface area contributed by atoms with E-state index >= 15 is 0 Å². The van der Waals surface area contributed by atoms with Gasteiger partial charge in [-0.15, -0.1) is 0 Å². The number of aryl methyl sites for hydroxylation is 1. The zero-order valence-corrected chi connectivity index (χ0v) is 12.2. The zero-order chi connectivity index (χ0) is 14.7. The molecule has 3 rings (SSSR count). The highest BCUT2D eigenvalue weighted by atomic mass is 15.2. The molecule has 7 heteroatoms. The van der Waals surface area contributed by atoms with Crippen molar-refractivity contribution in [3.63, 3.8) is 0 Å². The Morgan fingerprint density at radius 3 is 2.76 bits per heavy atom. The number of imidazole rings is 2. The fourth-order valence-corrected chi connectivity index (χ4v) is 2.12. The van der Waals surface area contributed by atoms with Crippen LogP contribution in [-0.2, 0) is 13.6 Å². The summed E-state index contributed by atoms with van der Waals surface area (Å²) in [7, 11) is 1.97. The van der Waals surface area contributed by atoms with E-state index < -0.39 is 0 Å². The van der Waals surface area contributed by atoms with Crippen LogP contribution in [0.5, 0.6) is 0 Å². The summed E-state index contributed by atoms with van der Waals surface area (Å²) in [4.78, 5) is 13.2. The van der Waals surface area contributed by atoms with Crippen LogP contribution in [0.25, 0.3) is 5.65 Å². The third-order valence-corrected chi connectivity index (χ3v) is 3.27. The first-order chi connectivity index (χ1) is 10.3. The number of anilines is 2. The summed E-state index contributed by atoms with van der Waals surface area (Å²) in [5, 5.41) is 6.62. The van der Waals surface area contributed by atoms with Gasteiger partial charge >= 0.3 is 0 Å². The van der Waals surface area contributed by atoms with Crippen LogP contribution < -0.4 is 10.6 Å². The van der Waals surface area contributed by atoms with E-state index in [-0.39, 0.29) is 0 Å². The molecule has 0 aliphatic heterocycles. The summed E-state index contributed by atoms with van der Waals surface area (Å²) in [5.41, 5.74) is 0.811. The van der Waals surface area contributed by atoms with Crippen molar-refractivity contribution in [1.82, 2.24) is 23.9 Å². The van der Waals surface area contributed by atoms with Crippen molar-refractivity contribution < 1.29 is 0 Å². The summed E-state index contributed by atoms with van der Waals surface area (Å²) < 4.78 is 3.95. The second kappa shape index (κ2) is 5.82. The number of nitrogens with one attached hydrogen (secondary N) is 2. The molecule has 0 aliphatic rings. The van der Waals surface area contributed by atoms with Gasteiger partial charge in [0.25, 0.3) is 0 Å². The molecule has 0 bridgehead atoms. The standard InChI is InChI=1S/C14H19N7/c1-3-4-15-11-10-21-8-6-17-14(21)13(19-11)18-9-12-16-5-7-20(12)2/h5-8,10,15H,3-4,9H2,1-2H3,(H,18,19). The van der Waals surface area contributed by atoms with E-state index in [4.69, 9.17) is 0 Å². The van der Waals surface area contributed by atoms with Gasteiger partial charge in [-0.05, 0) is 6.42 Å². The molecule has 0 radical (unpaired) electrons. The predicted octanol–water partition coefficient (Wildman–Crippen LogP) is 1.90. The van der Waals surface area contributed by atoms with Crippen molar-refractivity contribution >= 4 is 17.3 Å². The maximum absolute atomic E-state index is 4.60. The summed E-state index contributed by atoms with van der Waals surface area (Å²) in [6, 6.07) is 0. The van der Waals surface area contributed by atoms with Crippen LogP contribution in [0.3, 0.4) is 0 Å². The fraction of sp³-hybridized carbons (Fsp3) is 0.357. The molecule has 0 spiro atoms. The molecule has 3 aromatic heterocycles. The minimum absolute atomic E-state index is 0.607. The molecular formula is C14H19N7. The molecule has 0 amide bonds. The molecule has 0 saturated carbocycles. The first kappa shape index (κ1) is 13.4. The smallest absolute Gasteiger partial charge is 0.180 e. The van der Waals surface area contributed by atoms with Crippen LogP contribution in [0.15, 0.2) is 31.0 Å². The molecule has 0 aromatic carbocycles. The maximum atomic E-state index is 4.60. The third kappa shape index (κ3) is 2.81. The lowest BCUT2D eigenvalue weighted by Crippen LogP contribution is -2.10. The van der Waals surface area contributed by atoms with Crippen molar-refractivity contribution in [1.29, 1.82) is 0 Å². The molecular weight excluding hydrogens is 266 g/mol. The molecule has 7 nitrogen and oxygen atoms in total. The normalized spacial score (nSPS) is 11.0. The van der Waals surface area contributed by atoms with E-state index in [0.29, 0.717) is 6.54 Å². The van der Waals surface area contributed by atoms with Gasteiger partial charge in [0, 0.05) is 38.4 Å². The highest BCUT2D eigenvalue weighted by Crippen LogP contribution is 2.17. The average Bonchev–Trinajstić information content (AvgIpc) is 3.11. The molecule has 110 valence electrons. The second-order valence-corrected chi connectivity index (χ2v) is 4.87. The number of aromatic nitrogens is 5. The van der Waals surface area contributed by atoms with Crippen LogP contribution >= 0.6 is 0 Å². The fourth-order valence-electron chi connectivity index (χ4n) is 2.12. The van der Waals surface area contributed by atoms with Gasteiger partial charge in [0.15, 0.2) is 11.5 Å². The topological polar surface area (TPSA) is 72.1 Å². The lowest BCUT2D eigenvalue weighted by atomic mass is 10.4. The van der Waals surface area contributed by atoms with Crippen molar-refractivity contribution in [3.05, 3.63) is 36.8 Å². The molecule has 0 aliphatic carbocycles. The molecule has 3 heterocycles. The number of nitrogens with zero attached hydrogens (tertiary/aromatic N) is 5. The predicted molar refractivity (Wildman–Crippen MR) is 82.3 cm³/mol. The highest BCUT2D eigenvalue weighted by Gasteiger charge is 2.08. The molecule has 2 N–H and O–H groups in total. The van der Waals surface area contributed by atoms with Crippen molar-refractivity contribution in [3.8, 4) is 0 Å². The Balaban J connectivity index is 1.85. The van der Waals surface area contributed by atoms with Gasteiger partial charge in [-0.1, -0.05) is 6.92 Å². The van der Waals surface area contributed by atoms with Crippen molar-refractivity contribution in [2.45, 2.75) is 19.9 Å². The minimum atomic E-state index is 0.607. The van der Waals surface area contributed by atoms with Gasteiger partial charge < -0.3 is 19.6 Å². The zero-order valence-electron chi connectivity index (χ0n) is 12.2. The lowest BCUT2D eigenvalue weighted by Gasteiger charge is -2.10. The van der Waals surface area contributed by atoms with Crippen molar-refractivity contribution in [2.24, 2.45) is 7.05 Å². The number of rotatable bonds is 6. The molecule has 0 saturated heterocycles. The summed E-state index contributed by atoms with van der Waals surface area (Å²) in [6.07, 6.45) is 10.4. The summed E-state index contributed by atoms with van der Waals surface area (Å²) in [5.74, 6) is 2.54. The Morgan fingerprint density at radius 1 is 1.14 bits per heavy atom. The van der Waals surface area contributed by atoms with E-state index in [0.717, 1.165) is 36.1 Å². The minimum Gasteiger partial charge on any atom is -0.369 e. The van der Waals surface area contributed by atoms with Gasteiger partial charge in [-0.3, -0.25) is 0 Å². The number of hydrogen-bond acceptors (Lipinski definition) is 5. The average molecular weight is 285 g/mol. The maximum Gasteiger partial charge on any atom is 0.180 e. The van der Waals surface area contributed by atoms with Crippen LogP contribution in [0.2, 0.25) is 0 Å². The van der Waals surface area contributed by atoms with Crippen molar-refractivity contribution in [2.75, 3.05) is 17.2 Å². The Morgan fingerprint density at radius 2 is 2.00 bits per heavy atom. The Labute approximate surface area is 123 Å².